The largest absolute Gasteiger partial charge is 0.369 e. The summed E-state index contributed by atoms with van der Waals surface area (Å²) < 4.78 is 16.7. The minimum absolute atomic E-state index is 0.0709. The number of hydrogen-bond acceptors (Lipinski definition) is 4. The Morgan fingerprint density at radius 2 is 1.92 bits per heavy atom. The first-order valence-corrected chi connectivity index (χ1v) is 8.47. The van der Waals surface area contributed by atoms with Gasteiger partial charge in [0.1, 0.15) is 11.5 Å². The summed E-state index contributed by atoms with van der Waals surface area (Å²) in [4.78, 5) is 15.8. The third kappa shape index (κ3) is 3.49. The zero-order valence-electron chi connectivity index (χ0n) is 15.0. The van der Waals surface area contributed by atoms with Crippen molar-refractivity contribution in [2.24, 2.45) is 5.73 Å². The fourth-order valence-electron chi connectivity index (χ4n) is 2.65. The lowest BCUT2D eigenvalue weighted by atomic mass is 10.1. The quantitative estimate of drug-likeness (QED) is 0.734. The zero-order valence-corrected chi connectivity index (χ0v) is 15.0. The monoisotopic (exact) mass is 356 g/mol. The first kappa shape index (κ1) is 17.8. The van der Waals surface area contributed by atoms with Gasteiger partial charge >= 0.3 is 0 Å². The molecule has 0 atom stereocenters. The van der Waals surface area contributed by atoms with Gasteiger partial charge in [-0.3, -0.25) is 9.48 Å². The standard InChI is InChI=1S/C18H21FN6O/c1-4-24-15(9-14(22-24)11(2)3)18-21-17(10-16(20)26)23-25(18)13-7-5-12(19)6-8-13/h5-9,11H,4,10H2,1-3H3,(H2,20,26). The van der Waals surface area contributed by atoms with E-state index in [1.165, 1.54) is 12.1 Å². The van der Waals surface area contributed by atoms with E-state index in [-0.39, 0.29) is 18.2 Å². The fourth-order valence-corrected chi connectivity index (χ4v) is 2.65. The summed E-state index contributed by atoms with van der Waals surface area (Å²) in [6, 6.07) is 7.89. The average Bonchev–Trinajstić information content (AvgIpc) is 3.18. The summed E-state index contributed by atoms with van der Waals surface area (Å²) in [5.41, 5.74) is 7.64. The van der Waals surface area contributed by atoms with Crippen LogP contribution in [-0.4, -0.2) is 30.5 Å². The molecule has 1 amide bonds. The first-order chi connectivity index (χ1) is 12.4. The number of amides is 1. The van der Waals surface area contributed by atoms with Gasteiger partial charge in [-0.2, -0.15) is 10.2 Å². The predicted octanol–water partition coefficient (Wildman–Crippen LogP) is 2.44. The second-order valence-corrected chi connectivity index (χ2v) is 6.31. The number of nitrogens with two attached hydrogens (primary N) is 1. The number of primary amides is 1. The van der Waals surface area contributed by atoms with Gasteiger partial charge in [-0.05, 0) is 43.2 Å². The first-order valence-electron chi connectivity index (χ1n) is 8.47. The highest BCUT2D eigenvalue weighted by Gasteiger charge is 2.20. The van der Waals surface area contributed by atoms with Gasteiger partial charge in [0.15, 0.2) is 11.6 Å². The highest BCUT2D eigenvalue weighted by molar-refractivity contribution is 5.75. The molecule has 7 nitrogen and oxygen atoms in total. The molecule has 0 aliphatic carbocycles. The Labute approximate surface area is 150 Å². The predicted molar refractivity (Wildman–Crippen MR) is 95.2 cm³/mol. The number of halogens is 1. The molecule has 0 saturated heterocycles. The molecule has 0 fully saturated rings. The molecular weight excluding hydrogens is 335 g/mol. The molecule has 0 aliphatic rings. The zero-order chi connectivity index (χ0) is 18.8. The van der Waals surface area contributed by atoms with Gasteiger partial charge in [0, 0.05) is 6.54 Å². The van der Waals surface area contributed by atoms with E-state index in [0.29, 0.717) is 23.9 Å². The second kappa shape index (κ2) is 7.07. The van der Waals surface area contributed by atoms with Crippen LogP contribution in [0.5, 0.6) is 0 Å². The molecule has 2 aromatic heterocycles. The van der Waals surface area contributed by atoms with E-state index in [2.05, 4.69) is 29.0 Å². The number of nitrogens with zero attached hydrogens (tertiary/aromatic N) is 5. The normalized spacial score (nSPS) is 11.3. The molecule has 0 radical (unpaired) electrons. The van der Waals surface area contributed by atoms with Crippen LogP contribution in [0.4, 0.5) is 4.39 Å². The van der Waals surface area contributed by atoms with E-state index < -0.39 is 5.91 Å². The smallest absolute Gasteiger partial charge is 0.225 e. The molecule has 8 heteroatoms. The van der Waals surface area contributed by atoms with Crippen LogP contribution in [0.15, 0.2) is 30.3 Å². The van der Waals surface area contributed by atoms with Crippen molar-refractivity contribution in [2.45, 2.75) is 39.7 Å². The third-order valence-corrected chi connectivity index (χ3v) is 3.97. The van der Waals surface area contributed by atoms with Crippen molar-refractivity contribution in [2.75, 3.05) is 0 Å². The number of benzene rings is 1. The second-order valence-electron chi connectivity index (χ2n) is 6.31. The van der Waals surface area contributed by atoms with E-state index in [1.54, 1.807) is 16.8 Å². The van der Waals surface area contributed by atoms with E-state index in [0.717, 1.165) is 11.4 Å². The van der Waals surface area contributed by atoms with Gasteiger partial charge in [-0.1, -0.05) is 13.8 Å². The van der Waals surface area contributed by atoms with E-state index in [1.807, 2.05) is 17.7 Å². The number of carbonyl (C=O) groups excluding carboxylic acids is 1. The Balaban J connectivity index is 2.17. The topological polar surface area (TPSA) is 91.6 Å². The average molecular weight is 356 g/mol. The maximum absolute atomic E-state index is 13.3. The molecule has 2 N–H and O–H groups in total. The van der Waals surface area contributed by atoms with Gasteiger partial charge in [-0.15, -0.1) is 0 Å². The maximum Gasteiger partial charge on any atom is 0.225 e. The summed E-state index contributed by atoms with van der Waals surface area (Å²) in [6.45, 7) is 6.78. The lowest BCUT2D eigenvalue weighted by molar-refractivity contribution is -0.117. The van der Waals surface area contributed by atoms with Gasteiger partial charge < -0.3 is 5.73 Å². The molecule has 26 heavy (non-hydrogen) atoms. The minimum Gasteiger partial charge on any atom is -0.369 e. The molecular formula is C18H21FN6O. The van der Waals surface area contributed by atoms with Gasteiger partial charge in [0.2, 0.25) is 5.91 Å². The Hall–Kier alpha value is -3.03. The van der Waals surface area contributed by atoms with E-state index >= 15 is 0 Å². The van der Waals surface area contributed by atoms with Gasteiger partial charge in [-0.25, -0.2) is 14.1 Å². The Kier molecular flexibility index (Phi) is 4.83. The summed E-state index contributed by atoms with van der Waals surface area (Å²) in [5.74, 6) is 0.253. The Morgan fingerprint density at radius 1 is 1.23 bits per heavy atom. The molecule has 2 heterocycles. The highest BCUT2D eigenvalue weighted by atomic mass is 19.1. The van der Waals surface area contributed by atoms with Crippen molar-refractivity contribution in [1.82, 2.24) is 24.5 Å². The van der Waals surface area contributed by atoms with Gasteiger partial charge in [0.05, 0.1) is 17.8 Å². The summed E-state index contributed by atoms with van der Waals surface area (Å²) in [6.07, 6.45) is -0.0709. The summed E-state index contributed by atoms with van der Waals surface area (Å²) in [7, 11) is 0. The maximum atomic E-state index is 13.3. The van der Waals surface area contributed by atoms with Crippen molar-refractivity contribution >= 4 is 5.91 Å². The minimum atomic E-state index is -0.514. The summed E-state index contributed by atoms with van der Waals surface area (Å²) in [5, 5.41) is 9.00. The molecule has 0 bridgehead atoms. The van der Waals surface area contributed by atoms with Crippen molar-refractivity contribution in [3.63, 3.8) is 0 Å². The molecule has 1 aromatic carbocycles. The van der Waals surface area contributed by atoms with Crippen LogP contribution in [0.3, 0.4) is 0 Å². The molecule has 3 aromatic rings. The van der Waals surface area contributed by atoms with Crippen molar-refractivity contribution < 1.29 is 9.18 Å². The van der Waals surface area contributed by atoms with Crippen molar-refractivity contribution in [3.05, 3.63) is 47.7 Å². The van der Waals surface area contributed by atoms with Gasteiger partial charge in [0.25, 0.3) is 0 Å². The number of rotatable bonds is 6. The lowest BCUT2D eigenvalue weighted by Crippen LogP contribution is -2.14. The van der Waals surface area contributed by atoms with Crippen LogP contribution in [0.2, 0.25) is 0 Å². The number of carbonyl (C=O) groups is 1. The van der Waals surface area contributed by atoms with Crippen LogP contribution in [0, 0.1) is 5.82 Å². The molecule has 0 saturated carbocycles. The number of aromatic nitrogens is 5. The van der Waals surface area contributed by atoms with Crippen LogP contribution < -0.4 is 5.73 Å². The Bertz CT molecular complexity index is 926. The lowest BCUT2D eigenvalue weighted by Gasteiger charge is -2.07. The van der Waals surface area contributed by atoms with Crippen LogP contribution >= 0.6 is 0 Å². The molecule has 136 valence electrons. The molecule has 3 rings (SSSR count). The molecule has 0 unspecified atom stereocenters. The number of aryl methyl sites for hydroxylation is 1. The Morgan fingerprint density at radius 3 is 2.50 bits per heavy atom. The van der Waals surface area contributed by atoms with E-state index in [4.69, 9.17) is 5.73 Å². The number of hydrogen-bond donors (Lipinski definition) is 1. The highest BCUT2D eigenvalue weighted by Crippen LogP contribution is 2.25. The van der Waals surface area contributed by atoms with Crippen LogP contribution in [0.25, 0.3) is 17.2 Å². The molecule has 0 spiro atoms. The fraction of sp³-hybridized carbons (Fsp3) is 0.333. The van der Waals surface area contributed by atoms with Crippen molar-refractivity contribution in [3.8, 4) is 17.2 Å². The summed E-state index contributed by atoms with van der Waals surface area (Å²) >= 11 is 0. The van der Waals surface area contributed by atoms with E-state index in [9.17, 15) is 9.18 Å². The van der Waals surface area contributed by atoms with Crippen LogP contribution in [-0.2, 0) is 17.8 Å². The SMILES string of the molecule is CCn1nc(C(C)C)cc1-c1nc(CC(N)=O)nn1-c1ccc(F)cc1. The molecule has 0 aliphatic heterocycles. The van der Waals surface area contributed by atoms with Crippen LogP contribution in [0.1, 0.15) is 38.2 Å². The third-order valence-electron chi connectivity index (χ3n) is 3.97. The van der Waals surface area contributed by atoms with Crippen molar-refractivity contribution in [1.29, 1.82) is 0 Å².